The van der Waals surface area contributed by atoms with Crippen LogP contribution in [-0.2, 0) is 14.0 Å². The van der Waals surface area contributed by atoms with Crippen molar-refractivity contribution < 1.29 is 23.9 Å². The molecule has 0 spiro atoms. The van der Waals surface area contributed by atoms with Gasteiger partial charge in [-0.25, -0.2) is 9.69 Å². The van der Waals surface area contributed by atoms with Crippen LogP contribution in [0, 0.1) is 0 Å². The summed E-state index contributed by atoms with van der Waals surface area (Å²) < 4.78 is 12.3. The van der Waals surface area contributed by atoms with Crippen LogP contribution < -0.4 is 0 Å². The number of rotatable bonds is 9. The maximum Gasteiger partial charge on any atom is 0.417 e. The normalized spacial score (nSPS) is 21.5. The first-order valence-corrected chi connectivity index (χ1v) is 15.0. The zero-order valence-corrected chi connectivity index (χ0v) is 22.9. The van der Waals surface area contributed by atoms with Gasteiger partial charge in [-0.2, -0.15) is 0 Å². The number of carbonyl (C=O) groups is 2. The Morgan fingerprint density at radius 3 is 2.27 bits per heavy atom. The van der Waals surface area contributed by atoms with Crippen LogP contribution in [0.2, 0.25) is 18.1 Å². The summed E-state index contributed by atoms with van der Waals surface area (Å²) in [4.78, 5) is 28.4. The predicted molar refractivity (Wildman–Crippen MR) is 133 cm³/mol. The third kappa shape index (κ3) is 5.69. The van der Waals surface area contributed by atoms with Crippen LogP contribution in [0.4, 0.5) is 4.79 Å². The van der Waals surface area contributed by atoms with Gasteiger partial charge in [-0.15, -0.1) is 0 Å². The van der Waals surface area contributed by atoms with Gasteiger partial charge < -0.3 is 14.3 Å². The minimum atomic E-state index is -2.48. The maximum absolute atomic E-state index is 14.2. The van der Waals surface area contributed by atoms with Crippen LogP contribution in [0.3, 0.4) is 0 Å². The smallest absolute Gasteiger partial charge is 0.417 e. The maximum atomic E-state index is 14.2. The van der Waals surface area contributed by atoms with Gasteiger partial charge in [0.25, 0.3) is 5.91 Å². The molecule has 1 heterocycles. The summed E-state index contributed by atoms with van der Waals surface area (Å²) >= 11 is 0. The van der Waals surface area contributed by atoms with Gasteiger partial charge in [0.05, 0.1) is 6.10 Å². The van der Waals surface area contributed by atoms with E-state index >= 15 is 0 Å². The van der Waals surface area contributed by atoms with Crippen molar-refractivity contribution in [3.8, 4) is 0 Å². The van der Waals surface area contributed by atoms with E-state index < -0.39 is 43.7 Å². The Morgan fingerprint density at radius 1 is 1.18 bits per heavy atom. The standard InChI is InChI=1S/C26H43NO5Si/c1-10-11-13-18-20(28)26(7,32-33(8,9)24(2,3)4)22(29)27-21(19-16-14-12-15-17-19)25(5,6)31-23(27)30/h12,14-17,20-21,28H,10-11,13,18H2,1-9H3/t20-,21+,26+/m0/s1. The molecular formula is C26H43NO5Si. The summed E-state index contributed by atoms with van der Waals surface area (Å²) in [6.45, 7) is 17.7. The van der Waals surface area contributed by atoms with Gasteiger partial charge in [0.2, 0.25) is 0 Å². The third-order valence-corrected chi connectivity index (χ3v) is 11.8. The number of amides is 2. The van der Waals surface area contributed by atoms with Crippen LogP contribution in [0.15, 0.2) is 30.3 Å². The average molecular weight is 478 g/mol. The van der Waals surface area contributed by atoms with Crippen LogP contribution in [0.1, 0.15) is 85.8 Å². The van der Waals surface area contributed by atoms with E-state index in [0.717, 1.165) is 24.8 Å². The first-order valence-electron chi connectivity index (χ1n) is 12.1. The Morgan fingerprint density at radius 2 is 1.76 bits per heavy atom. The van der Waals surface area contributed by atoms with E-state index in [-0.39, 0.29) is 5.04 Å². The quantitative estimate of drug-likeness (QED) is 0.338. The van der Waals surface area contributed by atoms with Gasteiger partial charge in [0.15, 0.2) is 13.9 Å². The van der Waals surface area contributed by atoms with Crippen LogP contribution in [-0.4, -0.2) is 47.6 Å². The molecule has 7 heteroatoms. The number of hydrogen-bond donors (Lipinski definition) is 1. The number of benzene rings is 1. The molecule has 3 atom stereocenters. The first-order chi connectivity index (χ1) is 15.1. The van der Waals surface area contributed by atoms with E-state index in [0.29, 0.717) is 6.42 Å². The van der Waals surface area contributed by atoms with Crippen molar-refractivity contribution in [3.05, 3.63) is 35.9 Å². The lowest BCUT2D eigenvalue weighted by atomic mass is 9.88. The summed E-state index contributed by atoms with van der Waals surface area (Å²) in [5.41, 5.74) is -1.68. The van der Waals surface area contributed by atoms with Crippen molar-refractivity contribution in [3.63, 3.8) is 0 Å². The van der Waals surface area contributed by atoms with E-state index in [1.54, 1.807) is 20.8 Å². The lowest BCUT2D eigenvalue weighted by molar-refractivity contribution is -0.157. The van der Waals surface area contributed by atoms with Crippen molar-refractivity contribution in [2.75, 3.05) is 0 Å². The molecule has 6 nitrogen and oxygen atoms in total. The molecule has 1 saturated heterocycles. The molecule has 0 radical (unpaired) electrons. The van der Waals surface area contributed by atoms with Gasteiger partial charge >= 0.3 is 6.09 Å². The molecule has 0 bridgehead atoms. The summed E-state index contributed by atoms with van der Waals surface area (Å²) in [5.74, 6) is -0.541. The monoisotopic (exact) mass is 477 g/mol. The number of nitrogens with zero attached hydrogens (tertiary/aromatic N) is 1. The van der Waals surface area contributed by atoms with Crippen molar-refractivity contribution in [1.82, 2.24) is 4.90 Å². The summed E-state index contributed by atoms with van der Waals surface area (Å²) in [6, 6.07) is 8.80. The SMILES string of the molecule is CCCCC[C@H](O)[C@@](C)(O[Si](C)(C)C(C)(C)C)C(=O)N1C(=O)OC(C)(C)[C@H]1c1ccccc1. The average Bonchev–Trinajstić information content (AvgIpc) is 2.94. The Balaban J connectivity index is 2.54. The van der Waals surface area contributed by atoms with Gasteiger partial charge in [0, 0.05) is 0 Å². The van der Waals surface area contributed by atoms with E-state index in [1.807, 2.05) is 30.3 Å². The molecule has 0 aromatic heterocycles. The Bertz CT molecular complexity index is 833. The molecule has 186 valence electrons. The fourth-order valence-corrected chi connectivity index (χ4v) is 5.76. The number of aliphatic hydroxyl groups excluding tert-OH is 1. The number of ether oxygens (including phenoxy) is 1. The highest BCUT2D eigenvalue weighted by molar-refractivity contribution is 6.74. The fraction of sp³-hybridized carbons (Fsp3) is 0.692. The van der Waals surface area contributed by atoms with Gasteiger partial charge in [-0.3, -0.25) is 4.79 Å². The second kappa shape index (κ2) is 9.88. The predicted octanol–water partition coefficient (Wildman–Crippen LogP) is 6.21. The zero-order chi connectivity index (χ0) is 25.2. The lowest BCUT2D eigenvalue weighted by Crippen LogP contribution is -2.62. The van der Waals surface area contributed by atoms with Crippen LogP contribution in [0.25, 0.3) is 0 Å². The molecule has 2 amide bonds. The largest absolute Gasteiger partial charge is 0.440 e. The Labute approximate surface area is 200 Å². The minimum Gasteiger partial charge on any atom is -0.440 e. The second-order valence-corrected chi connectivity index (χ2v) is 16.2. The highest BCUT2D eigenvalue weighted by Crippen LogP contribution is 2.45. The molecule has 1 N–H and O–H groups in total. The van der Waals surface area contributed by atoms with Crippen LogP contribution >= 0.6 is 0 Å². The van der Waals surface area contributed by atoms with Crippen LogP contribution in [0.5, 0.6) is 0 Å². The minimum absolute atomic E-state index is 0.179. The molecule has 1 aromatic rings. The van der Waals surface area contributed by atoms with Gasteiger partial charge in [-0.05, 0) is 50.9 Å². The first kappa shape index (κ1) is 27.5. The summed E-state index contributed by atoms with van der Waals surface area (Å²) in [5, 5.41) is 11.1. The molecule has 0 aliphatic carbocycles. The number of aliphatic hydroxyl groups is 1. The molecular weight excluding hydrogens is 434 g/mol. The lowest BCUT2D eigenvalue weighted by Gasteiger charge is -2.46. The van der Waals surface area contributed by atoms with E-state index in [9.17, 15) is 14.7 Å². The van der Waals surface area contributed by atoms with Crippen molar-refractivity contribution in [2.24, 2.45) is 0 Å². The molecule has 0 saturated carbocycles. The van der Waals surface area contributed by atoms with E-state index in [4.69, 9.17) is 9.16 Å². The second-order valence-electron chi connectivity index (χ2n) is 11.4. The van der Waals surface area contributed by atoms with Crippen molar-refractivity contribution >= 4 is 20.3 Å². The highest BCUT2D eigenvalue weighted by Gasteiger charge is 2.58. The Hall–Kier alpha value is -1.70. The van der Waals surface area contributed by atoms with Gasteiger partial charge in [0.1, 0.15) is 11.6 Å². The third-order valence-electron chi connectivity index (χ3n) is 7.21. The molecule has 1 fully saturated rings. The van der Waals surface area contributed by atoms with E-state index in [2.05, 4.69) is 40.8 Å². The fourth-order valence-electron chi connectivity index (χ4n) is 4.17. The molecule has 1 aliphatic heterocycles. The summed E-state index contributed by atoms with van der Waals surface area (Å²) in [7, 11) is -2.48. The molecule has 33 heavy (non-hydrogen) atoms. The highest BCUT2D eigenvalue weighted by atomic mass is 28.4. The summed E-state index contributed by atoms with van der Waals surface area (Å²) in [6.07, 6.45) is 1.41. The van der Waals surface area contributed by atoms with Gasteiger partial charge in [-0.1, -0.05) is 77.3 Å². The van der Waals surface area contributed by atoms with Crippen molar-refractivity contribution in [2.45, 2.75) is 116 Å². The molecule has 2 rings (SSSR count). The number of imide groups is 1. The van der Waals surface area contributed by atoms with Crippen molar-refractivity contribution in [1.29, 1.82) is 0 Å². The number of cyclic esters (lactones) is 1. The number of hydrogen-bond acceptors (Lipinski definition) is 5. The molecule has 1 aromatic carbocycles. The van der Waals surface area contributed by atoms with E-state index in [1.165, 1.54) is 4.90 Å². The Kier molecular flexibility index (Phi) is 8.25. The molecule has 1 aliphatic rings. The number of carbonyl (C=O) groups excluding carboxylic acids is 2. The topological polar surface area (TPSA) is 76.1 Å². The zero-order valence-electron chi connectivity index (χ0n) is 21.9. The number of unbranched alkanes of at least 4 members (excludes halogenated alkanes) is 2. The molecule has 0 unspecified atom stereocenters.